The number of nitrogens with two attached hydrogens (primary N) is 1. The van der Waals surface area contributed by atoms with Crippen LogP contribution in [0.1, 0.15) is 39.7 Å². The van der Waals surface area contributed by atoms with Crippen LogP contribution in [0.5, 0.6) is 0 Å². The third-order valence-electron chi connectivity index (χ3n) is 3.96. The van der Waals surface area contributed by atoms with Gasteiger partial charge < -0.3 is 5.73 Å². The number of carbonyl (C=O) groups excluding carboxylic acids is 1. The van der Waals surface area contributed by atoms with Crippen molar-refractivity contribution in [2.24, 2.45) is 11.7 Å². The van der Waals surface area contributed by atoms with Crippen molar-refractivity contribution in [3.05, 3.63) is 35.9 Å². The van der Waals surface area contributed by atoms with Crippen molar-refractivity contribution in [3.8, 4) is 0 Å². The molecule has 0 spiro atoms. The molecule has 0 saturated heterocycles. The molecule has 4 heteroatoms. The number of rotatable bonds is 9. The lowest BCUT2D eigenvalue weighted by Crippen LogP contribution is -2.53. The smallest absolute Gasteiger partial charge is 0.242 e. The second kappa shape index (κ2) is 8.44. The summed E-state index contributed by atoms with van der Waals surface area (Å²) in [6, 6.07) is 9.81. The van der Waals surface area contributed by atoms with Gasteiger partial charge in [0.2, 0.25) is 5.91 Å². The molecular formula is C17H28N2OS. The molecule has 2 unspecified atom stereocenters. The van der Waals surface area contributed by atoms with E-state index < -0.39 is 5.54 Å². The third-order valence-corrected chi connectivity index (χ3v) is 5.47. The number of benzene rings is 1. The second-order valence-electron chi connectivity index (χ2n) is 5.74. The van der Waals surface area contributed by atoms with E-state index in [1.54, 1.807) is 0 Å². The van der Waals surface area contributed by atoms with Gasteiger partial charge in [0.15, 0.2) is 0 Å². The molecule has 0 fully saturated rings. The van der Waals surface area contributed by atoms with Crippen LogP contribution in [0.15, 0.2) is 30.3 Å². The minimum Gasteiger partial charge on any atom is -0.368 e. The predicted octanol–water partition coefficient (Wildman–Crippen LogP) is 3.14. The molecule has 1 aromatic rings. The SMILES string of the molecule is CCNC(CCSC(C)C(C)C)(C(N)=O)c1ccccc1. The van der Waals surface area contributed by atoms with E-state index >= 15 is 0 Å². The van der Waals surface area contributed by atoms with E-state index in [0.29, 0.717) is 24.1 Å². The number of primary amides is 1. The van der Waals surface area contributed by atoms with Crippen LogP contribution in [0.4, 0.5) is 0 Å². The largest absolute Gasteiger partial charge is 0.368 e. The van der Waals surface area contributed by atoms with Gasteiger partial charge in [-0.3, -0.25) is 10.1 Å². The highest BCUT2D eigenvalue weighted by Crippen LogP contribution is 2.29. The van der Waals surface area contributed by atoms with Gasteiger partial charge in [-0.2, -0.15) is 11.8 Å². The summed E-state index contributed by atoms with van der Waals surface area (Å²) < 4.78 is 0. The van der Waals surface area contributed by atoms with Crippen molar-refractivity contribution in [1.82, 2.24) is 5.32 Å². The molecule has 21 heavy (non-hydrogen) atoms. The molecule has 2 atom stereocenters. The Morgan fingerprint density at radius 1 is 1.29 bits per heavy atom. The molecule has 1 rings (SSSR count). The van der Waals surface area contributed by atoms with Gasteiger partial charge in [0.25, 0.3) is 0 Å². The Morgan fingerprint density at radius 2 is 1.90 bits per heavy atom. The first-order valence-electron chi connectivity index (χ1n) is 7.66. The third kappa shape index (κ3) is 4.75. The first-order valence-corrected chi connectivity index (χ1v) is 8.71. The molecule has 0 aliphatic carbocycles. The molecule has 0 aliphatic heterocycles. The number of likely N-dealkylation sites (N-methyl/N-ethyl adjacent to an activating group) is 1. The van der Waals surface area contributed by atoms with Crippen LogP contribution in [-0.2, 0) is 10.3 Å². The Kier molecular flexibility index (Phi) is 7.26. The molecular weight excluding hydrogens is 280 g/mol. The molecule has 0 aromatic heterocycles. The zero-order valence-electron chi connectivity index (χ0n) is 13.6. The normalized spacial score (nSPS) is 15.7. The molecule has 0 heterocycles. The van der Waals surface area contributed by atoms with Crippen molar-refractivity contribution in [2.45, 2.75) is 44.9 Å². The van der Waals surface area contributed by atoms with E-state index in [4.69, 9.17) is 5.73 Å². The number of hydrogen-bond acceptors (Lipinski definition) is 3. The van der Waals surface area contributed by atoms with Crippen LogP contribution in [0.2, 0.25) is 0 Å². The zero-order chi connectivity index (χ0) is 15.9. The van der Waals surface area contributed by atoms with Crippen LogP contribution in [0.3, 0.4) is 0 Å². The molecule has 0 radical (unpaired) electrons. The predicted molar refractivity (Wildman–Crippen MR) is 92.4 cm³/mol. The molecule has 1 aromatic carbocycles. The van der Waals surface area contributed by atoms with E-state index in [1.807, 2.05) is 49.0 Å². The highest BCUT2D eigenvalue weighted by molar-refractivity contribution is 7.99. The summed E-state index contributed by atoms with van der Waals surface area (Å²) >= 11 is 1.90. The maximum Gasteiger partial charge on any atom is 0.242 e. The zero-order valence-corrected chi connectivity index (χ0v) is 14.4. The highest BCUT2D eigenvalue weighted by atomic mass is 32.2. The molecule has 3 N–H and O–H groups in total. The van der Waals surface area contributed by atoms with E-state index in [-0.39, 0.29) is 5.91 Å². The average Bonchev–Trinajstić information content (AvgIpc) is 2.46. The van der Waals surface area contributed by atoms with Crippen LogP contribution in [-0.4, -0.2) is 23.5 Å². The van der Waals surface area contributed by atoms with Crippen molar-refractivity contribution >= 4 is 17.7 Å². The maximum absolute atomic E-state index is 12.2. The van der Waals surface area contributed by atoms with E-state index in [2.05, 4.69) is 26.1 Å². The quantitative estimate of drug-likeness (QED) is 0.737. The number of thioether (sulfide) groups is 1. The van der Waals surface area contributed by atoms with Crippen LogP contribution >= 0.6 is 11.8 Å². The lowest BCUT2D eigenvalue weighted by atomic mass is 9.86. The van der Waals surface area contributed by atoms with Crippen molar-refractivity contribution in [2.75, 3.05) is 12.3 Å². The molecule has 118 valence electrons. The first kappa shape index (κ1) is 18.1. The summed E-state index contributed by atoms with van der Waals surface area (Å²) in [5.41, 5.74) is 5.95. The Morgan fingerprint density at radius 3 is 2.38 bits per heavy atom. The summed E-state index contributed by atoms with van der Waals surface area (Å²) in [4.78, 5) is 12.2. The van der Waals surface area contributed by atoms with Crippen LogP contribution in [0, 0.1) is 5.92 Å². The highest BCUT2D eigenvalue weighted by Gasteiger charge is 2.37. The first-order chi connectivity index (χ1) is 9.94. The fourth-order valence-corrected chi connectivity index (χ4v) is 3.48. The summed E-state index contributed by atoms with van der Waals surface area (Å²) in [5.74, 6) is 1.24. The topological polar surface area (TPSA) is 55.1 Å². The van der Waals surface area contributed by atoms with Crippen molar-refractivity contribution in [3.63, 3.8) is 0 Å². The summed E-state index contributed by atoms with van der Waals surface area (Å²) in [6.07, 6.45) is 0.710. The molecule has 0 bridgehead atoms. The Labute approximate surface area is 133 Å². The number of hydrogen-bond donors (Lipinski definition) is 2. The standard InChI is InChI=1S/C17H28N2OS/c1-5-19-17(16(18)20,15-9-7-6-8-10-15)11-12-21-14(4)13(2)3/h6-10,13-14,19H,5,11-12H2,1-4H3,(H2,18,20). The molecule has 1 amide bonds. The van der Waals surface area contributed by atoms with Gasteiger partial charge >= 0.3 is 0 Å². The molecule has 3 nitrogen and oxygen atoms in total. The minimum atomic E-state index is -0.764. The monoisotopic (exact) mass is 308 g/mol. The number of nitrogens with one attached hydrogen (secondary N) is 1. The lowest BCUT2D eigenvalue weighted by molar-refractivity contribution is -0.124. The van der Waals surface area contributed by atoms with Crippen LogP contribution < -0.4 is 11.1 Å². The average molecular weight is 308 g/mol. The maximum atomic E-state index is 12.2. The Hall–Kier alpha value is -1.00. The van der Waals surface area contributed by atoms with Gasteiger partial charge in [-0.1, -0.05) is 58.0 Å². The summed E-state index contributed by atoms with van der Waals surface area (Å²) in [5, 5.41) is 3.90. The van der Waals surface area contributed by atoms with Crippen molar-refractivity contribution in [1.29, 1.82) is 0 Å². The van der Waals surface area contributed by atoms with Crippen molar-refractivity contribution < 1.29 is 4.79 Å². The Bertz CT molecular complexity index is 436. The van der Waals surface area contributed by atoms with Gasteiger partial charge in [-0.05, 0) is 30.2 Å². The van der Waals surface area contributed by atoms with Gasteiger partial charge in [0.05, 0.1) is 0 Å². The summed E-state index contributed by atoms with van der Waals surface area (Å²) in [6.45, 7) is 9.39. The Balaban J connectivity index is 2.90. The fraction of sp³-hybridized carbons (Fsp3) is 0.588. The number of carbonyl (C=O) groups is 1. The molecule has 0 saturated carbocycles. The van der Waals surface area contributed by atoms with E-state index in [1.165, 1.54) is 0 Å². The van der Waals surface area contributed by atoms with E-state index in [0.717, 1.165) is 11.3 Å². The fourth-order valence-electron chi connectivity index (χ4n) is 2.30. The second-order valence-corrected chi connectivity index (χ2v) is 7.22. The van der Waals surface area contributed by atoms with Gasteiger partial charge in [0.1, 0.15) is 5.54 Å². The number of amides is 1. The summed E-state index contributed by atoms with van der Waals surface area (Å²) in [7, 11) is 0. The van der Waals surface area contributed by atoms with Crippen LogP contribution in [0.25, 0.3) is 0 Å². The minimum absolute atomic E-state index is 0.298. The van der Waals surface area contributed by atoms with E-state index in [9.17, 15) is 4.79 Å². The van der Waals surface area contributed by atoms with Gasteiger partial charge in [0, 0.05) is 5.25 Å². The lowest BCUT2D eigenvalue weighted by Gasteiger charge is -2.32. The molecule has 0 aliphatic rings. The van der Waals surface area contributed by atoms with Gasteiger partial charge in [-0.15, -0.1) is 0 Å². The van der Waals surface area contributed by atoms with Gasteiger partial charge in [-0.25, -0.2) is 0 Å².